The van der Waals surface area contributed by atoms with Crippen LogP contribution in [0.15, 0.2) is 82.6 Å². The molecule has 4 rings (SSSR count). The summed E-state index contributed by atoms with van der Waals surface area (Å²) in [5, 5.41) is 5.00. The summed E-state index contributed by atoms with van der Waals surface area (Å²) in [6, 6.07) is 20.2. The molecule has 3 aromatic rings. The molecule has 3 aromatic carbocycles. The summed E-state index contributed by atoms with van der Waals surface area (Å²) in [4.78, 5) is 29.1. The first-order chi connectivity index (χ1) is 23.8. The Labute approximate surface area is 328 Å². The Kier molecular flexibility index (Phi) is 16.4. The smallest absolute Gasteiger partial charge is 0.748 e. The molecule has 15 heteroatoms. The fourth-order valence-electron chi connectivity index (χ4n) is 6.27. The molecule has 0 aliphatic carbocycles. The van der Waals surface area contributed by atoms with Gasteiger partial charge in [-0.3, -0.25) is 9.59 Å². The van der Waals surface area contributed by atoms with Gasteiger partial charge in [-0.15, -0.1) is 11.8 Å². The van der Waals surface area contributed by atoms with Crippen LogP contribution in [0, 0.1) is 5.41 Å². The second kappa shape index (κ2) is 19.5. The number of thioether (sulfide) groups is 1. The molecule has 0 unspecified atom stereocenters. The topological polar surface area (TPSA) is 162 Å². The average molecular weight is 768 g/mol. The zero-order valence-electron chi connectivity index (χ0n) is 29.7. The summed E-state index contributed by atoms with van der Waals surface area (Å²) in [6.45, 7) is 3.83. The number of nitrogens with one attached hydrogen (secondary N) is 2. The van der Waals surface area contributed by atoms with Gasteiger partial charge in [-0.25, -0.2) is 16.8 Å². The number of unbranched alkanes of at least 4 members (excludes halogenated alkanes) is 2. The Hall–Kier alpha value is -2.59. The molecule has 2 N–H and O–H groups in total. The summed E-state index contributed by atoms with van der Waals surface area (Å²) in [5.74, 6) is -1.95. The third-order valence-electron chi connectivity index (χ3n) is 8.76. The molecule has 11 nitrogen and oxygen atoms in total. The molecular weight excluding hydrogens is 722 g/mol. The van der Waals surface area contributed by atoms with Crippen molar-refractivity contribution in [1.29, 1.82) is 0 Å². The van der Waals surface area contributed by atoms with E-state index in [0.29, 0.717) is 22.7 Å². The number of hydrogen-bond acceptors (Lipinski definition) is 10. The number of para-hydroxylation sites is 1. The average Bonchev–Trinajstić information content (AvgIpc) is 3.19. The van der Waals surface area contributed by atoms with Crippen molar-refractivity contribution >= 4 is 54.9 Å². The fraction of sp³-hybridized carbons (Fsp3) is 0.444. The molecule has 51 heavy (non-hydrogen) atoms. The van der Waals surface area contributed by atoms with Crippen molar-refractivity contribution in [2.24, 2.45) is 5.41 Å². The number of ether oxygens (including phenoxy) is 1. The minimum Gasteiger partial charge on any atom is -0.748 e. The zero-order chi connectivity index (χ0) is 36.4. The van der Waals surface area contributed by atoms with Crippen LogP contribution in [0.4, 0.5) is 11.4 Å². The van der Waals surface area contributed by atoms with Gasteiger partial charge in [-0.05, 0) is 42.9 Å². The first-order valence-electron chi connectivity index (χ1n) is 16.8. The Bertz CT molecular complexity index is 1820. The predicted molar refractivity (Wildman–Crippen MR) is 196 cm³/mol. The van der Waals surface area contributed by atoms with Crippen LogP contribution in [-0.4, -0.2) is 70.7 Å². The molecule has 0 bridgehead atoms. The maximum Gasteiger partial charge on any atom is 1.00 e. The first kappa shape index (κ1) is 42.8. The van der Waals surface area contributed by atoms with E-state index < -0.39 is 62.1 Å². The van der Waals surface area contributed by atoms with Gasteiger partial charge >= 0.3 is 29.6 Å². The van der Waals surface area contributed by atoms with Crippen molar-refractivity contribution in [2.75, 3.05) is 42.4 Å². The molecule has 0 spiro atoms. The number of carbonyl (C=O) groups excluding carboxylic acids is 2. The van der Waals surface area contributed by atoms with Gasteiger partial charge < -0.3 is 24.8 Å². The number of nitrogens with zero attached hydrogens (tertiary/aromatic N) is 1. The van der Waals surface area contributed by atoms with Gasteiger partial charge in [0.15, 0.2) is 16.4 Å². The van der Waals surface area contributed by atoms with Gasteiger partial charge in [0.1, 0.15) is 11.8 Å². The standard InChI is InChI=1S/C36H47N3O8S3.Na/c1-4-6-18-36(19-7-5-2)25-39(28-16-12-9-13-17-28)29-22-31(48-3)30(23-32(29)49(42,43)26-36)47-24-33(40)38-34(27-14-10-8-11-15-27)35(41)37-20-21-50(44,45)46;/h8-17,22-23,34H,4-7,18-21,24-26H2,1-3H3,(H,37,41)(H,38,40)(H,44,45,46);/q;+1/p-1/t34-;/m0./s1. The van der Waals surface area contributed by atoms with E-state index in [1.54, 1.807) is 30.3 Å². The van der Waals surface area contributed by atoms with E-state index in [2.05, 4.69) is 29.4 Å². The van der Waals surface area contributed by atoms with Crippen LogP contribution in [0.1, 0.15) is 64.0 Å². The van der Waals surface area contributed by atoms with Crippen LogP contribution in [0.5, 0.6) is 5.75 Å². The van der Waals surface area contributed by atoms with Gasteiger partial charge in [0.2, 0.25) is 5.91 Å². The van der Waals surface area contributed by atoms with Crippen molar-refractivity contribution in [3.8, 4) is 5.75 Å². The number of rotatable bonds is 17. The molecular formula is C36H46N3NaO8S3. The van der Waals surface area contributed by atoms with E-state index >= 15 is 0 Å². The van der Waals surface area contributed by atoms with Gasteiger partial charge in [0.05, 0.1) is 37.1 Å². The first-order valence-corrected chi connectivity index (χ1v) is 21.2. The van der Waals surface area contributed by atoms with E-state index in [0.717, 1.165) is 44.2 Å². The minimum absolute atomic E-state index is 0. The monoisotopic (exact) mass is 767 g/mol. The van der Waals surface area contributed by atoms with Crippen LogP contribution in [-0.2, 0) is 29.5 Å². The molecule has 0 fully saturated rings. The molecule has 0 radical (unpaired) electrons. The normalized spacial score (nSPS) is 15.4. The molecule has 2 amide bonds. The van der Waals surface area contributed by atoms with Gasteiger partial charge in [-0.2, -0.15) is 0 Å². The largest absolute Gasteiger partial charge is 1.00 e. The summed E-state index contributed by atoms with van der Waals surface area (Å²) >= 11 is 1.36. The quantitative estimate of drug-likeness (QED) is 0.119. The molecule has 1 aliphatic rings. The van der Waals surface area contributed by atoms with Crippen LogP contribution < -0.4 is 49.8 Å². The van der Waals surface area contributed by atoms with Gasteiger partial charge in [-0.1, -0.05) is 88.1 Å². The maximum absolute atomic E-state index is 14.4. The van der Waals surface area contributed by atoms with E-state index in [1.165, 1.54) is 17.8 Å². The Balaban J connectivity index is 0.00000702. The van der Waals surface area contributed by atoms with Crippen LogP contribution in [0.3, 0.4) is 0 Å². The molecule has 272 valence electrons. The van der Waals surface area contributed by atoms with Crippen molar-refractivity contribution in [3.05, 3.63) is 78.4 Å². The van der Waals surface area contributed by atoms with Crippen molar-refractivity contribution < 1.29 is 65.3 Å². The van der Waals surface area contributed by atoms with E-state index in [-0.39, 0.29) is 46.0 Å². The summed E-state index contributed by atoms with van der Waals surface area (Å²) in [5.41, 5.74) is 1.42. The Morgan fingerprint density at radius 2 is 1.61 bits per heavy atom. The van der Waals surface area contributed by atoms with Crippen molar-refractivity contribution in [1.82, 2.24) is 10.6 Å². The Morgan fingerprint density at radius 1 is 1.00 bits per heavy atom. The molecule has 0 aromatic heterocycles. The number of carbonyl (C=O) groups is 2. The van der Waals surface area contributed by atoms with Crippen molar-refractivity contribution in [3.63, 3.8) is 0 Å². The van der Waals surface area contributed by atoms with E-state index in [9.17, 15) is 31.0 Å². The van der Waals surface area contributed by atoms with E-state index in [4.69, 9.17) is 4.74 Å². The third-order valence-corrected chi connectivity index (χ3v) is 12.2. The van der Waals surface area contributed by atoms with Crippen LogP contribution in [0.25, 0.3) is 0 Å². The summed E-state index contributed by atoms with van der Waals surface area (Å²) in [6.07, 6.45) is 7.14. The number of fused-ring (bicyclic) bond motifs is 1. The zero-order valence-corrected chi connectivity index (χ0v) is 34.2. The van der Waals surface area contributed by atoms with Crippen LogP contribution >= 0.6 is 11.8 Å². The number of amides is 2. The second-order valence-corrected chi connectivity index (χ2v) is 16.9. The number of sulfone groups is 1. The second-order valence-electron chi connectivity index (χ2n) is 12.6. The van der Waals surface area contributed by atoms with Crippen molar-refractivity contribution in [2.45, 2.75) is 68.2 Å². The molecule has 0 saturated carbocycles. The molecule has 1 heterocycles. The molecule has 1 aliphatic heterocycles. The van der Waals surface area contributed by atoms with E-state index in [1.807, 2.05) is 42.7 Å². The number of anilines is 2. The van der Waals surface area contributed by atoms with Crippen LogP contribution in [0.2, 0.25) is 0 Å². The van der Waals surface area contributed by atoms with Gasteiger partial charge in [0, 0.05) is 30.3 Å². The number of benzene rings is 3. The summed E-state index contributed by atoms with van der Waals surface area (Å²) in [7, 11) is -8.36. The maximum atomic E-state index is 14.4. The predicted octanol–water partition coefficient (Wildman–Crippen LogP) is 2.60. The fourth-order valence-corrected chi connectivity index (χ4v) is 9.29. The number of hydrogen-bond donors (Lipinski definition) is 2. The molecule has 1 atom stereocenters. The van der Waals surface area contributed by atoms with Gasteiger partial charge in [0.25, 0.3) is 5.91 Å². The minimum atomic E-state index is -4.55. The SMILES string of the molecule is CCCCC1(CCCC)CN(c2ccccc2)c2cc(SC)c(OCC(=O)N[C@H](C(=O)NCCS(=O)(=O)[O-])c3ccccc3)cc2S(=O)(=O)C1.[Na+]. The summed E-state index contributed by atoms with van der Waals surface area (Å²) < 4.78 is 67.8. The molecule has 0 saturated heterocycles. The Morgan fingerprint density at radius 3 is 2.18 bits per heavy atom. The third kappa shape index (κ3) is 12.0.